The fraction of sp³-hybridized carbons (Fsp3) is 0.476. The van der Waals surface area contributed by atoms with E-state index in [2.05, 4.69) is 24.1 Å². The number of hydrogen-bond acceptors (Lipinski definition) is 6. The molecule has 6 nitrogen and oxygen atoms in total. The molecular formula is C21H28N2O4S. The normalized spacial score (nSPS) is 11.9. The fourth-order valence-electron chi connectivity index (χ4n) is 2.66. The van der Waals surface area contributed by atoms with Crippen LogP contribution in [0.4, 0.5) is 0 Å². The molecule has 152 valence electrons. The molecule has 1 unspecified atom stereocenters. The minimum atomic E-state index is -0.598. The van der Waals surface area contributed by atoms with Crippen molar-refractivity contribution >= 4 is 23.2 Å². The highest BCUT2D eigenvalue weighted by Gasteiger charge is 2.16. The van der Waals surface area contributed by atoms with Gasteiger partial charge in [0, 0.05) is 17.0 Å². The second kappa shape index (κ2) is 10.8. The van der Waals surface area contributed by atoms with Gasteiger partial charge in [0.2, 0.25) is 0 Å². The Hall–Kier alpha value is -2.41. The standard InChI is InChI=1S/C21H28N2O4S/c1-14(2)6-5-7-15(3)22-19(24)12-27-21(25)18-13-28-20(23-18)16-8-10-17(26-4)11-9-16/h8-11,13-15H,5-7,12H2,1-4H3,(H,22,24). The van der Waals surface area contributed by atoms with Crippen LogP contribution < -0.4 is 10.1 Å². The maximum absolute atomic E-state index is 12.1. The zero-order valence-corrected chi connectivity index (χ0v) is 17.7. The highest BCUT2D eigenvalue weighted by molar-refractivity contribution is 7.13. The molecule has 1 aromatic carbocycles. The smallest absolute Gasteiger partial charge is 0.358 e. The minimum Gasteiger partial charge on any atom is -0.497 e. The maximum atomic E-state index is 12.1. The van der Waals surface area contributed by atoms with E-state index in [1.54, 1.807) is 12.5 Å². The quantitative estimate of drug-likeness (QED) is 0.597. The number of rotatable bonds is 10. The van der Waals surface area contributed by atoms with Crippen LogP contribution in [0.5, 0.6) is 5.75 Å². The minimum absolute atomic E-state index is 0.0610. The molecule has 0 saturated carbocycles. The summed E-state index contributed by atoms with van der Waals surface area (Å²) < 4.78 is 10.2. The average molecular weight is 405 g/mol. The number of nitrogens with zero attached hydrogens (tertiary/aromatic N) is 1. The summed E-state index contributed by atoms with van der Waals surface area (Å²) in [6.07, 6.45) is 3.11. The number of amides is 1. The van der Waals surface area contributed by atoms with Crippen LogP contribution in [-0.2, 0) is 9.53 Å². The topological polar surface area (TPSA) is 77.5 Å². The molecule has 2 rings (SSSR count). The number of aromatic nitrogens is 1. The van der Waals surface area contributed by atoms with E-state index in [1.807, 2.05) is 31.2 Å². The van der Waals surface area contributed by atoms with E-state index in [1.165, 1.54) is 11.3 Å². The van der Waals surface area contributed by atoms with E-state index in [4.69, 9.17) is 9.47 Å². The molecule has 0 saturated heterocycles. The molecule has 0 spiro atoms. The molecule has 0 aliphatic carbocycles. The molecule has 1 atom stereocenters. The summed E-state index contributed by atoms with van der Waals surface area (Å²) >= 11 is 1.35. The van der Waals surface area contributed by atoms with Crippen molar-refractivity contribution in [1.82, 2.24) is 10.3 Å². The van der Waals surface area contributed by atoms with Gasteiger partial charge in [0.1, 0.15) is 10.8 Å². The fourth-order valence-corrected chi connectivity index (χ4v) is 3.46. The first kappa shape index (κ1) is 21.9. The van der Waals surface area contributed by atoms with Crippen molar-refractivity contribution in [3.8, 4) is 16.3 Å². The lowest BCUT2D eigenvalue weighted by molar-refractivity contribution is -0.124. The number of thiazole rings is 1. The van der Waals surface area contributed by atoms with Crippen molar-refractivity contribution in [2.24, 2.45) is 5.92 Å². The zero-order valence-electron chi connectivity index (χ0n) is 16.9. The maximum Gasteiger partial charge on any atom is 0.358 e. The Morgan fingerprint density at radius 2 is 1.86 bits per heavy atom. The molecule has 28 heavy (non-hydrogen) atoms. The highest BCUT2D eigenvalue weighted by Crippen LogP contribution is 2.25. The lowest BCUT2D eigenvalue weighted by atomic mass is 10.0. The van der Waals surface area contributed by atoms with Crippen molar-refractivity contribution in [2.45, 2.75) is 46.1 Å². The number of methoxy groups -OCH3 is 1. The molecule has 0 aliphatic heterocycles. The van der Waals surface area contributed by atoms with Crippen LogP contribution in [0.15, 0.2) is 29.6 Å². The number of ether oxygens (including phenoxy) is 2. The van der Waals surface area contributed by atoms with E-state index in [0.29, 0.717) is 10.9 Å². The second-order valence-electron chi connectivity index (χ2n) is 7.14. The van der Waals surface area contributed by atoms with Gasteiger partial charge >= 0.3 is 5.97 Å². The molecule has 1 heterocycles. The Morgan fingerprint density at radius 3 is 2.50 bits per heavy atom. The van der Waals surface area contributed by atoms with Crippen molar-refractivity contribution in [3.05, 3.63) is 35.3 Å². The first-order valence-corrected chi connectivity index (χ1v) is 10.3. The molecule has 0 fully saturated rings. The zero-order chi connectivity index (χ0) is 20.5. The second-order valence-corrected chi connectivity index (χ2v) is 7.99. The van der Waals surface area contributed by atoms with E-state index in [-0.39, 0.29) is 24.2 Å². The molecule has 7 heteroatoms. The number of carbonyl (C=O) groups excluding carboxylic acids is 2. The van der Waals surface area contributed by atoms with Crippen LogP contribution in [-0.4, -0.2) is 36.6 Å². The van der Waals surface area contributed by atoms with E-state index >= 15 is 0 Å². The van der Waals surface area contributed by atoms with Crippen molar-refractivity contribution in [2.75, 3.05) is 13.7 Å². The molecule has 0 aliphatic rings. The average Bonchev–Trinajstić information content (AvgIpc) is 3.16. The number of esters is 1. The molecule has 0 bridgehead atoms. The van der Waals surface area contributed by atoms with Gasteiger partial charge in [-0.15, -0.1) is 11.3 Å². The first-order chi connectivity index (χ1) is 13.4. The highest BCUT2D eigenvalue weighted by atomic mass is 32.1. The van der Waals surface area contributed by atoms with Gasteiger partial charge in [-0.2, -0.15) is 0 Å². The van der Waals surface area contributed by atoms with Gasteiger partial charge in [0.05, 0.1) is 7.11 Å². The largest absolute Gasteiger partial charge is 0.497 e. The predicted octanol–water partition coefficient (Wildman–Crippen LogP) is 4.31. The summed E-state index contributed by atoms with van der Waals surface area (Å²) in [4.78, 5) is 28.4. The lowest BCUT2D eigenvalue weighted by Crippen LogP contribution is -2.35. The Morgan fingerprint density at radius 1 is 1.14 bits per heavy atom. The van der Waals surface area contributed by atoms with Crippen LogP contribution in [0.3, 0.4) is 0 Å². The van der Waals surface area contributed by atoms with E-state index < -0.39 is 5.97 Å². The predicted molar refractivity (Wildman–Crippen MR) is 111 cm³/mol. The van der Waals surface area contributed by atoms with Crippen LogP contribution in [0.1, 0.15) is 50.5 Å². The molecule has 2 aromatic rings. The van der Waals surface area contributed by atoms with Gasteiger partial charge in [-0.3, -0.25) is 4.79 Å². The number of nitrogens with one attached hydrogen (secondary N) is 1. The Bertz CT molecular complexity index is 771. The van der Waals surface area contributed by atoms with Gasteiger partial charge in [-0.1, -0.05) is 26.7 Å². The Kier molecular flexibility index (Phi) is 8.44. The van der Waals surface area contributed by atoms with Gasteiger partial charge in [0.25, 0.3) is 5.91 Å². The van der Waals surface area contributed by atoms with Gasteiger partial charge in [-0.25, -0.2) is 9.78 Å². The molecule has 1 amide bonds. The Labute approximate surface area is 170 Å². The molecule has 1 N–H and O–H groups in total. The number of carbonyl (C=O) groups is 2. The first-order valence-electron chi connectivity index (χ1n) is 9.45. The molecule has 1 aromatic heterocycles. The third kappa shape index (κ3) is 6.96. The molecule has 0 radical (unpaired) electrons. The van der Waals surface area contributed by atoms with E-state index in [9.17, 15) is 9.59 Å². The number of benzene rings is 1. The van der Waals surface area contributed by atoms with Crippen molar-refractivity contribution < 1.29 is 19.1 Å². The lowest BCUT2D eigenvalue weighted by Gasteiger charge is -2.14. The summed E-state index contributed by atoms with van der Waals surface area (Å²) in [5.41, 5.74) is 1.09. The Balaban J connectivity index is 1.79. The molecular weight excluding hydrogens is 376 g/mol. The van der Waals surface area contributed by atoms with Crippen LogP contribution in [0, 0.1) is 5.92 Å². The summed E-state index contributed by atoms with van der Waals surface area (Å²) in [6.45, 7) is 6.02. The summed E-state index contributed by atoms with van der Waals surface area (Å²) in [5, 5.41) is 5.20. The van der Waals surface area contributed by atoms with E-state index in [0.717, 1.165) is 30.6 Å². The van der Waals surface area contributed by atoms with Crippen LogP contribution in [0.25, 0.3) is 10.6 Å². The van der Waals surface area contributed by atoms with Crippen LogP contribution >= 0.6 is 11.3 Å². The summed E-state index contributed by atoms with van der Waals surface area (Å²) in [5.74, 6) is 0.517. The van der Waals surface area contributed by atoms with Gasteiger partial charge in [0.15, 0.2) is 12.3 Å². The third-order valence-electron chi connectivity index (χ3n) is 4.21. The SMILES string of the molecule is COc1ccc(-c2nc(C(=O)OCC(=O)NC(C)CCCC(C)C)cs2)cc1. The van der Waals surface area contributed by atoms with Gasteiger partial charge < -0.3 is 14.8 Å². The summed E-state index contributed by atoms with van der Waals surface area (Å²) in [7, 11) is 1.61. The summed E-state index contributed by atoms with van der Waals surface area (Å²) in [6, 6.07) is 7.48. The monoisotopic (exact) mass is 404 g/mol. The van der Waals surface area contributed by atoms with Crippen molar-refractivity contribution in [1.29, 1.82) is 0 Å². The number of hydrogen-bond donors (Lipinski definition) is 1. The van der Waals surface area contributed by atoms with Gasteiger partial charge in [-0.05, 0) is 43.5 Å². The third-order valence-corrected chi connectivity index (χ3v) is 5.10. The van der Waals surface area contributed by atoms with Crippen LogP contribution in [0.2, 0.25) is 0 Å². The van der Waals surface area contributed by atoms with Crippen molar-refractivity contribution in [3.63, 3.8) is 0 Å².